The standard InChI is InChI=1S/C19H20N2O2/c1-14-5-2-6-15-9-10-18(22)21(19(14)15)11-4-12-23-17-8-3-7-16(20)13-17/h2-3,5-10,13H,4,11-12,20H2,1H3. The van der Waals surface area contributed by atoms with Crippen LogP contribution in [-0.2, 0) is 6.54 Å². The number of pyridine rings is 1. The van der Waals surface area contributed by atoms with Crippen LogP contribution in [0.1, 0.15) is 12.0 Å². The van der Waals surface area contributed by atoms with E-state index in [-0.39, 0.29) is 5.56 Å². The first-order chi connectivity index (χ1) is 11.1. The number of para-hydroxylation sites is 1. The van der Waals surface area contributed by atoms with E-state index in [1.807, 2.05) is 54.0 Å². The molecule has 118 valence electrons. The van der Waals surface area contributed by atoms with E-state index in [0.29, 0.717) is 18.8 Å². The zero-order valence-electron chi connectivity index (χ0n) is 13.2. The Morgan fingerprint density at radius 2 is 1.91 bits per heavy atom. The Kier molecular flexibility index (Phi) is 4.33. The molecule has 0 fully saturated rings. The Hall–Kier alpha value is -2.75. The Morgan fingerprint density at radius 1 is 1.09 bits per heavy atom. The maximum absolute atomic E-state index is 12.2. The van der Waals surface area contributed by atoms with Gasteiger partial charge in [0.15, 0.2) is 0 Å². The molecule has 0 saturated heterocycles. The molecule has 4 nitrogen and oxygen atoms in total. The average molecular weight is 308 g/mol. The van der Waals surface area contributed by atoms with Crippen LogP contribution in [0, 0.1) is 6.92 Å². The quantitative estimate of drug-likeness (QED) is 0.581. The molecule has 23 heavy (non-hydrogen) atoms. The van der Waals surface area contributed by atoms with Crippen molar-refractivity contribution in [3.63, 3.8) is 0 Å². The van der Waals surface area contributed by atoms with E-state index in [1.165, 1.54) is 0 Å². The highest BCUT2D eigenvalue weighted by Gasteiger charge is 2.05. The van der Waals surface area contributed by atoms with Crippen molar-refractivity contribution in [3.8, 4) is 5.75 Å². The molecule has 0 amide bonds. The SMILES string of the molecule is Cc1cccc2ccc(=O)n(CCCOc3cccc(N)c3)c12. The number of aromatic nitrogens is 1. The van der Waals surface area contributed by atoms with E-state index in [4.69, 9.17) is 10.5 Å². The van der Waals surface area contributed by atoms with Gasteiger partial charge in [0.1, 0.15) is 5.75 Å². The van der Waals surface area contributed by atoms with Crippen molar-refractivity contribution in [2.75, 3.05) is 12.3 Å². The highest BCUT2D eigenvalue weighted by atomic mass is 16.5. The second kappa shape index (κ2) is 6.57. The fourth-order valence-electron chi connectivity index (χ4n) is 2.79. The summed E-state index contributed by atoms with van der Waals surface area (Å²) in [7, 11) is 0. The number of hydrogen-bond acceptors (Lipinski definition) is 3. The topological polar surface area (TPSA) is 57.2 Å². The lowest BCUT2D eigenvalue weighted by Crippen LogP contribution is -2.21. The van der Waals surface area contributed by atoms with Crippen LogP contribution >= 0.6 is 0 Å². The number of rotatable bonds is 5. The zero-order valence-corrected chi connectivity index (χ0v) is 13.2. The third kappa shape index (κ3) is 3.37. The lowest BCUT2D eigenvalue weighted by Gasteiger charge is -2.13. The fraction of sp³-hybridized carbons (Fsp3) is 0.211. The van der Waals surface area contributed by atoms with Crippen molar-refractivity contribution in [1.29, 1.82) is 0 Å². The van der Waals surface area contributed by atoms with Crippen LogP contribution in [0.2, 0.25) is 0 Å². The van der Waals surface area contributed by atoms with Crippen LogP contribution in [0.5, 0.6) is 5.75 Å². The van der Waals surface area contributed by atoms with Gasteiger partial charge < -0.3 is 15.0 Å². The molecule has 2 aromatic carbocycles. The zero-order chi connectivity index (χ0) is 16.2. The first-order valence-corrected chi connectivity index (χ1v) is 7.73. The van der Waals surface area contributed by atoms with Crippen molar-refractivity contribution >= 4 is 16.6 Å². The number of benzene rings is 2. The van der Waals surface area contributed by atoms with Crippen LogP contribution in [-0.4, -0.2) is 11.2 Å². The molecule has 2 N–H and O–H groups in total. The van der Waals surface area contributed by atoms with E-state index in [1.54, 1.807) is 12.1 Å². The maximum Gasteiger partial charge on any atom is 0.251 e. The Labute approximate surface area is 135 Å². The Morgan fingerprint density at radius 3 is 2.74 bits per heavy atom. The van der Waals surface area contributed by atoms with Gasteiger partial charge in [-0.05, 0) is 42.5 Å². The predicted molar refractivity (Wildman–Crippen MR) is 93.9 cm³/mol. The second-order valence-corrected chi connectivity index (χ2v) is 5.61. The molecule has 0 saturated carbocycles. The third-order valence-corrected chi connectivity index (χ3v) is 3.86. The molecule has 1 heterocycles. The van der Waals surface area contributed by atoms with Crippen molar-refractivity contribution in [1.82, 2.24) is 4.57 Å². The van der Waals surface area contributed by atoms with Crippen molar-refractivity contribution in [2.24, 2.45) is 0 Å². The lowest BCUT2D eigenvalue weighted by atomic mass is 10.1. The fourth-order valence-corrected chi connectivity index (χ4v) is 2.79. The van der Waals surface area contributed by atoms with Gasteiger partial charge in [0.05, 0.1) is 12.1 Å². The summed E-state index contributed by atoms with van der Waals surface area (Å²) < 4.78 is 7.52. The van der Waals surface area contributed by atoms with Gasteiger partial charge >= 0.3 is 0 Å². The number of nitrogens with zero attached hydrogens (tertiary/aromatic N) is 1. The molecule has 0 atom stereocenters. The van der Waals surface area contributed by atoms with E-state index in [2.05, 4.69) is 0 Å². The first kappa shape index (κ1) is 15.2. The molecular weight excluding hydrogens is 288 g/mol. The van der Waals surface area contributed by atoms with Gasteiger partial charge in [-0.25, -0.2) is 0 Å². The minimum Gasteiger partial charge on any atom is -0.493 e. The van der Waals surface area contributed by atoms with E-state index < -0.39 is 0 Å². The van der Waals surface area contributed by atoms with Crippen LogP contribution in [0.4, 0.5) is 5.69 Å². The van der Waals surface area contributed by atoms with Gasteiger partial charge in [-0.2, -0.15) is 0 Å². The van der Waals surface area contributed by atoms with E-state index in [0.717, 1.165) is 28.6 Å². The van der Waals surface area contributed by atoms with Gasteiger partial charge in [0, 0.05) is 24.4 Å². The summed E-state index contributed by atoms with van der Waals surface area (Å²) in [5, 5.41) is 1.08. The predicted octanol–water partition coefficient (Wildman–Crippen LogP) is 3.36. The summed E-state index contributed by atoms with van der Waals surface area (Å²) >= 11 is 0. The first-order valence-electron chi connectivity index (χ1n) is 7.73. The largest absolute Gasteiger partial charge is 0.493 e. The molecule has 0 aliphatic carbocycles. The lowest BCUT2D eigenvalue weighted by molar-refractivity contribution is 0.302. The van der Waals surface area contributed by atoms with E-state index in [9.17, 15) is 4.79 Å². The molecule has 0 bridgehead atoms. The molecule has 0 unspecified atom stereocenters. The molecule has 0 aliphatic rings. The van der Waals surface area contributed by atoms with Crippen LogP contribution in [0.25, 0.3) is 10.9 Å². The molecule has 4 heteroatoms. The number of aryl methyl sites for hydroxylation is 2. The van der Waals surface area contributed by atoms with Crippen LogP contribution in [0.3, 0.4) is 0 Å². The summed E-state index contributed by atoms with van der Waals surface area (Å²) in [5.41, 5.74) is 8.55. The van der Waals surface area contributed by atoms with Gasteiger partial charge in [-0.15, -0.1) is 0 Å². The molecule has 3 aromatic rings. The van der Waals surface area contributed by atoms with E-state index >= 15 is 0 Å². The maximum atomic E-state index is 12.2. The highest BCUT2D eigenvalue weighted by molar-refractivity contribution is 5.82. The average Bonchev–Trinajstić information content (AvgIpc) is 2.53. The molecule has 0 aliphatic heterocycles. The highest BCUT2D eigenvalue weighted by Crippen LogP contribution is 2.17. The number of fused-ring (bicyclic) bond motifs is 1. The minimum atomic E-state index is 0.0238. The van der Waals surface area contributed by atoms with Crippen LogP contribution < -0.4 is 16.0 Å². The summed E-state index contributed by atoms with van der Waals surface area (Å²) in [6, 6.07) is 16.9. The van der Waals surface area contributed by atoms with Gasteiger partial charge in [-0.1, -0.05) is 24.3 Å². The second-order valence-electron chi connectivity index (χ2n) is 5.61. The van der Waals surface area contributed by atoms with Crippen molar-refractivity contribution < 1.29 is 4.74 Å². The summed E-state index contributed by atoms with van der Waals surface area (Å²) in [6.45, 7) is 3.20. The molecule has 1 aromatic heterocycles. The normalized spacial score (nSPS) is 10.8. The third-order valence-electron chi connectivity index (χ3n) is 3.86. The number of anilines is 1. The van der Waals surface area contributed by atoms with Crippen molar-refractivity contribution in [3.05, 3.63) is 70.5 Å². The monoisotopic (exact) mass is 308 g/mol. The van der Waals surface area contributed by atoms with Gasteiger partial charge in [-0.3, -0.25) is 4.79 Å². The van der Waals surface area contributed by atoms with Gasteiger partial charge in [0.25, 0.3) is 5.56 Å². The Bertz CT molecular complexity index is 884. The molecule has 0 radical (unpaired) electrons. The molecule has 0 spiro atoms. The van der Waals surface area contributed by atoms with Crippen molar-refractivity contribution in [2.45, 2.75) is 19.9 Å². The van der Waals surface area contributed by atoms with Crippen LogP contribution in [0.15, 0.2) is 59.4 Å². The Balaban J connectivity index is 1.72. The number of nitrogens with two attached hydrogens (primary N) is 1. The smallest absolute Gasteiger partial charge is 0.251 e. The number of ether oxygens (including phenoxy) is 1. The van der Waals surface area contributed by atoms with Gasteiger partial charge in [0.2, 0.25) is 0 Å². The summed E-state index contributed by atoms with van der Waals surface area (Å²) in [4.78, 5) is 12.2. The molecule has 3 rings (SSSR count). The number of hydrogen-bond donors (Lipinski definition) is 1. The summed E-state index contributed by atoms with van der Waals surface area (Å²) in [5.74, 6) is 0.756. The summed E-state index contributed by atoms with van der Waals surface area (Å²) in [6.07, 6.45) is 0.752. The minimum absolute atomic E-state index is 0.0238. The number of nitrogen functional groups attached to an aromatic ring is 1. The molecular formula is C19H20N2O2.